The summed E-state index contributed by atoms with van der Waals surface area (Å²) in [5, 5.41) is 25.7. The molecule has 5 rings (SSSR count). The molecule has 2 aromatic heterocycles. The van der Waals surface area contributed by atoms with Crippen LogP contribution in [0.2, 0.25) is 0 Å². The van der Waals surface area contributed by atoms with E-state index in [4.69, 9.17) is 14.8 Å². The van der Waals surface area contributed by atoms with E-state index < -0.39 is 18.0 Å². The summed E-state index contributed by atoms with van der Waals surface area (Å²) in [5.74, 6) is -0.179. The molecule has 4 aromatic rings. The molecule has 1 aliphatic rings. The zero-order chi connectivity index (χ0) is 31.1. The van der Waals surface area contributed by atoms with Crippen molar-refractivity contribution in [3.05, 3.63) is 77.6 Å². The molecule has 4 N–H and O–H groups in total. The van der Waals surface area contributed by atoms with Crippen LogP contribution in [0.4, 0.5) is 11.5 Å². The van der Waals surface area contributed by atoms with Crippen molar-refractivity contribution in [3.8, 4) is 16.9 Å². The predicted molar refractivity (Wildman–Crippen MR) is 170 cm³/mol. The summed E-state index contributed by atoms with van der Waals surface area (Å²) in [6.07, 6.45) is 6.91. The average Bonchev–Trinajstić information content (AvgIpc) is 3.01. The Balaban J connectivity index is 1.32. The molecule has 1 atom stereocenters. The number of ether oxygens (including phenoxy) is 1. The van der Waals surface area contributed by atoms with E-state index in [1.807, 2.05) is 48.4 Å². The van der Waals surface area contributed by atoms with Crippen LogP contribution in [0.3, 0.4) is 0 Å². The van der Waals surface area contributed by atoms with Gasteiger partial charge in [0.2, 0.25) is 0 Å². The van der Waals surface area contributed by atoms with E-state index >= 15 is 0 Å². The van der Waals surface area contributed by atoms with Crippen LogP contribution >= 0.6 is 0 Å². The van der Waals surface area contributed by atoms with Crippen LogP contribution < -0.4 is 15.4 Å². The van der Waals surface area contributed by atoms with Crippen molar-refractivity contribution in [2.45, 2.75) is 52.1 Å². The van der Waals surface area contributed by atoms with Crippen LogP contribution in [0, 0.1) is 13.8 Å². The van der Waals surface area contributed by atoms with E-state index in [0.29, 0.717) is 38.4 Å². The third-order valence-corrected chi connectivity index (χ3v) is 8.13. The second-order valence-electron chi connectivity index (χ2n) is 11.2. The molecular formula is C34H39N5O5. The van der Waals surface area contributed by atoms with Crippen molar-refractivity contribution in [2.75, 3.05) is 31.6 Å². The van der Waals surface area contributed by atoms with Crippen molar-refractivity contribution in [1.29, 1.82) is 0 Å². The van der Waals surface area contributed by atoms with Gasteiger partial charge in [0.05, 0.1) is 13.2 Å². The molecule has 1 fully saturated rings. The molecule has 0 amide bonds. The number of hydrogen-bond donors (Lipinski definition) is 4. The third kappa shape index (κ3) is 7.32. The van der Waals surface area contributed by atoms with Crippen LogP contribution in [-0.4, -0.2) is 69.3 Å². The molecular weight excluding hydrogens is 558 g/mol. The Hall–Kier alpha value is -4.54. The lowest BCUT2D eigenvalue weighted by Crippen LogP contribution is -2.44. The second kappa shape index (κ2) is 14.3. The summed E-state index contributed by atoms with van der Waals surface area (Å²) in [7, 11) is 0. The molecule has 1 unspecified atom stereocenters. The summed E-state index contributed by atoms with van der Waals surface area (Å²) in [5.41, 5.74) is 6.88. The highest BCUT2D eigenvalue weighted by atomic mass is 16.5. The molecule has 0 bridgehead atoms. The molecule has 1 saturated heterocycles. The number of hydrogen-bond acceptors (Lipinski definition) is 8. The zero-order valence-corrected chi connectivity index (χ0v) is 25.2. The average molecular weight is 598 g/mol. The van der Waals surface area contributed by atoms with Crippen molar-refractivity contribution >= 4 is 34.3 Å². The maximum atomic E-state index is 11.8. The number of nitrogens with one attached hydrogen (secondary N) is 2. The molecule has 10 nitrogen and oxygen atoms in total. The van der Waals surface area contributed by atoms with Crippen molar-refractivity contribution in [2.24, 2.45) is 0 Å². The lowest BCUT2D eigenvalue weighted by atomic mass is 9.95. The molecule has 44 heavy (non-hydrogen) atoms. The quantitative estimate of drug-likeness (QED) is 0.145. The Morgan fingerprint density at radius 2 is 1.82 bits per heavy atom. The van der Waals surface area contributed by atoms with Gasteiger partial charge < -0.3 is 25.6 Å². The van der Waals surface area contributed by atoms with Crippen LogP contribution in [-0.2, 0) is 16.1 Å². The Morgan fingerprint density at radius 3 is 2.61 bits per heavy atom. The summed E-state index contributed by atoms with van der Waals surface area (Å²) < 4.78 is 6.04. The SMILES string of the molecule is Cc1c(Nc2nccc3cc(CN4CCCCC4C(=O)O)cnc23)cccc1-c1cccc(OCCCNCC(=O)O)c1C. The van der Waals surface area contributed by atoms with Crippen LogP contribution in [0.1, 0.15) is 42.4 Å². The zero-order valence-electron chi connectivity index (χ0n) is 25.2. The fourth-order valence-electron chi connectivity index (χ4n) is 5.81. The van der Waals surface area contributed by atoms with E-state index in [0.717, 1.165) is 69.5 Å². The van der Waals surface area contributed by atoms with Gasteiger partial charge in [-0.25, -0.2) is 4.98 Å². The highest BCUT2D eigenvalue weighted by Gasteiger charge is 2.28. The lowest BCUT2D eigenvalue weighted by molar-refractivity contribution is -0.145. The molecule has 0 aliphatic carbocycles. The van der Waals surface area contributed by atoms with Gasteiger partial charge in [-0.2, -0.15) is 0 Å². The fourth-order valence-corrected chi connectivity index (χ4v) is 5.81. The van der Waals surface area contributed by atoms with Gasteiger partial charge in [-0.1, -0.05) is 30.7 Å². The first-order chi connectivity index (χ1) is 21.3. The number of likely N-dealkylation sites (tertiary alicyclic amines) is 1. The van der Waals surface area contributed by atoms with E-state index in [1.165, 1.54) is 0 Å². The predicted octanol–water partition coefficient (Wildman–Crippen LogP) is 5.54. The van der Waals surface area contributed by atoms with Gasteiger partial charge in [0.15, 0.2) is 5.82 Å². The van der Waals surface area contributed by atoms with Crippen LogP contribution in [0.25, 0.3) is 22.0 Å². The third-order valence-electron chi connectivity index (χ3n) is 8.13. The number of carboxylic acids is 2. The van der Waals surface area contributed by atoms with E-state index in [2.05, 4.69) is 40.7 Å². The molecule has 0 spiro atoms. The summed E-state index contributed by atoms with van der Waals surface area (Å²) in [6.45, 7) is 6.44. The number of benzene rings is 2. The number of anilines is 2. The summed E-state index contributed by atoms with van der Waals surface area (Å²) in [6, 6.07) is 15.7. The molecule has 0 radical (unpaired) electrons. The minimum atomic E-state index is -0.872. The molecule has 230 valence electrons. The first kappa shape index (κ1) is 30.9. The number of nitrogens with zero attached hydrogens (tertiary/aromatic N) is 3. The van der Waals surface area contributed by atoms with Crippen LogP contribution in [0.5, 0.6) is 5.75 Å². The molecule has 1 aliphatic heterocycles. The number of fused-ring (bicyclic) bond motifs is 1. The van der Waals surface area contributed by atoms with Gasteiger partial charge >= 0.3 is 11.9 Å². The van der Waals surface area contributed by atoms with Gasteiger partial charge in [-0.05, 0) is 98.3 Å². The van der Waals surface area contributed by atoms with Gasteiger partial charge in [0, 0.05) is 30.0 Å². The van der Waals surface area contributed by atoms with Gasteiger partial charge in [-0.3, -0.25) is 19.5 Å². The number of piperidine rings is 1. The van der Waals surface area contributed by atoms with Crippen molar-refractivity contribution in [1.82, 2.24) is 20.2 Å². The minimum Gasteiger partial charge on any atom is -0.493 e. The van der Waals surface area contributed by atoms with Crippen molar-refractivity contribution in [3.63, 3.8) is 0 Å². The number of aliphatic carboxylic acids is 2. The number of carbonyl (C=O) groups is 2. The largest absolute Gasteiger partial charge is 0.493 e. The normalized spacial score (nSPS) is 15.3. The van der Waals surface area contributed by atoms with E-state index in [-0.39, 0.29) is 6.54 Å². The monoisotopic (exact) mass is 597 g/mol. The van der Waals surface area contributed by atoms with Crippen molar-refractivity contribution < 1.29 is 24.5 Å². The van der Waals surface area contributed by atoms with E-state index in [1.54, 1.807) is 6.20 Å². The molecule has 2 aromatic carbocycles. The van der Waals surface area contributed by atoms with E-state index in [9.17, 15) is 14.7 Å². The standard InChI is InChI=1S/C34H39N5O5/c1-22-26(27-9-6-12-30(23(27)2)44-17-7-14-35-20-31(40)41)8-5-10-28(22)38-33-32-25(13-15-36-33)18-24(19-37-32)21-39-16-4-3-11-29(39)34(42)43/h5-6,8-10,12-13,15,18-19,29,35H,3-4,7,11,14,16-17,20-21H2,1-2H3,(H,36,38)(H,40,41)(H,42,43). The molecule has 10 heteroatoms. The second-order valence-corrected chi connectivity index (χ2v) is 11.2. The lowest BCUT2D eigenvalue weighted by Gasteiger charge is -2.32. The maximum Gasteiger partial charge on any atom is 0.320 e. The first-order valence-corrected chi connectivity index (χ1v) is 15.0. The number of rotatable bonds is 13. The minimum absolute atomic E-state index is 0.0583. The molecule has 0 saturated carbocycles. The Bertz CT molecular complexity index is 1640. The number of pyridine rings is 2. The Morgan fingerprint density at radius 1 is 1.02 bits per heavy atom. The highest BCUT2D eigenvalue weighted by Crippen LogP contribution is 2.36. The highest BCUT2D eigenvalue weighted by molar-refractivity contribution is 5.91. The number of carboxylic acid groups (broad SMARTS) is 2. The first-order valence-electron chi connectivity index (χ1n) is 15.0. The van der Waals surface area contributed by atoms with Gasteiger partial charge in [0.1, 0.15) is 17.3 Å². The number of aromatic nitrogens is 2. The Kier molecular flexibility index (Phi) is 10.0. The summed E-state index contributed by atoms with van der Waals surface area (Å²) in [4.78, 5) is 33.8. The van der Waals surface area contributed by atoms with Gasteiger partial charge in [-0.15, -0.1) is 0 Å². The fraction of sp³-hybridized carbons (Fsp3) is 0.353. The maximum absolute atomic E-state index is 11.8. The van der Waals surface area contributed by atoms with Crippen LogP contribution in [0.15, 0.2) is 60.9 Å². The topological polar surface area (TPSA) is 137 Å². The summed E-state index contributed by atoms with van der Waals surface area (Å²) >= 11 is 0. The Labute approximate surface area is 257 Å². The van der Waals surface area contributed by atoms with Gasteiger partial charge in [0.25, 0.3) is 0 Å². The smallest absolute Gasteiger partial charge is 0.320 e. The molecule has 3 heterocycles.